The van der Waals surface area contributed by atoms with Crippen molar-refractivity contribution in [2.45, 2.75) is 13.3 Å². The molecular weight excluding hydrogens is 166 g/mol. The van der Waals surface area contributed by atoms with E-state index < -0.39 is 0 Å². The van der Waals surface area contributed by atoms with Crippen molar-refractivity contribution in [3.05, 3.63) is 12.2 Å². The Balaban J connectivity index is 2.83. The van der Waals surface area contributed by atoms with Crippen LogP contribution in [0, 0.1) is 0 Å². The molecule has 0 fully saturated rings. The Kier molecular flexibility index (Phi) is 11.3. The van der Waals surface area contributed by atoms with Crippen LogP contribution in [0.5, 0.6) is 0 Å². The summed E-state index contributed by atoms with van der Waals surface area (Å²) in [7, 11) is 1.72. The molecule has 0 bridgehead atoms. The van der Waals surface area contributed by atoms with Crippen LogP contribution in [0.1, 0.15) is 13.3 Å². The third kappa shape index (κ3) is 11.6. The lowest BCUT2D eigenvalue weighted by Crippen LogP contribution is -2.21. The summed E-state index contributed by atoms with van der Waals surface area (Å²) >= 11 is 0. The van der Waals surface area contributed by atoms with Crippen LogP contribution in [-0.4, -0.2) is 40.0 Å². The van der Waals surface area contributed by atoms with Crippen LogP contribution in [-0.2, 0) is 9.47 Å². The number of methoxy groups -OCH3 is 1. The number of hydrogen-bond acceptors (Lipinski definition) is 3. The molecule has 0 aromatic rings. The van der Waals surface area contributed by atoms with Crippen LogP contribution < -0.4 is 5.32 Å². The van der Waals surface area contributed by atoms with Gasteiger partial charge in [0, 0.05) is 20.3 Å². The molecule has 0 saturated carbocycles. The monoisotopic (exact) mass is 187 g/mol. The van der Waals surface area contributed by atoms with Gasteiger partial charge in [0.15, 0.2) is 0 Å². The van der Waals surface area contributed by atoms with Gasteiger partial charge in [-0.25, -0.2) is 0 Å². The van der Waals surface area contributed by atoms with Crippen LogP contribution in [0.4, 0.5) is 0 Å². The SMILES string of the molecule is CC=CCOCCNCCCOC. The van der Waals surface area contributed by atoms with Gasteiger partial charge in [-0.15, -0.1) is 0 Å². The Bertz CT molecular complexity index is 115. The van der Waals surface area contributed by atoms with Crippen molar-refractivity contribution in [1.82, 2.24) is 5.32 Å². The predicted molar refractivity (Wildman–Crippen MR) is 55.0 cm³/mol. The molecule has 3 nitrogen and oxygen atoms in total. The highest BCUT2D eigenvalue weighted by Gasteiger charge is 1.87. The van der Waals surface area contributed by atoms with Crippen LogP contribution in [0.15, 0.2) is 12.2 Å². The molecule has 0 aliphatic carbocycles. The minimum Gasteiger partial charge on any atom is -0.385 e. The van der Waals surface area contributed by atoms with Gasteiger partial charge < -0.3 is 14.8 Å². The highest BCUT2D eigenvalue weighted by molar-refractivity contribution is 4.75. The molecule has 78 valence electrons. The van der Waals surface area contributed by atoms with Gasteiger partial charge in [0.05, 0.1) is 13.2 Å². The first kappa shape index (κ1) is 12.6. The molecule has 0 atom stereocenters. The van der Waals surface area contributed by atoms with Gasteiger partial charge in [0.2, 0.25) is 0 Å². The summed E-state index contributed by atoms with van der Waals surface area (Å²) in [5, 5.41) is 3.27. The fourth-order valence-electron chi connectivity index (χ4n) is 0.858. The maximum absolute atomic E-state index is 5.30. The molecule has 0 aliphatic heterocycles. The molecule has 0 heterocycles. The Morgan fingerprint density at radius 1 is 1.23 bits per heavy atom. The van der Waals surface area contributed by atoms with Gasteiger partial charge in [-0.05, 0) is 19.9 Å². The second-order valence-corrected chi connectivity index (χ2v) is 2.74. The number of ether oxygens (including phenoxy) is 2. The van der Waals surface area contributed by atoms with Crippen molar-refractivity contribution >= 4 is 0 Å². The van der Waals surface area contributed by atoms with Crippen LogP contribution >= 0.6 is 0 Å². The summed E-state index contributed by atoms with van der Waals surface area (Å²) in [6.07, 6.45) is 5.06. The lowest BCUT2D eigenvalue weighted by Gasteiger charge is -2.03. The first-order valence-electron chi connectivity index (χ1n) is 4.80. The normalized spacial score (nSPS) is 11.2. The molecule has 0 aromatic heterocycles. The molecule has 0 rings (SSSR count). The smallest absolute Gasteiger partial charge is 0.0647 e. The minimum absolute atomic E-state index is 0.719. The molecule has 0 aromatic carbocycles. The first-order chi connectivity index (χ1) is 6.41. The van der Waals surface area contributed by atoms with E-state index in [0.717, 1.165) is 39.3 Å². The van der Waals surface area contributed by atoms with Gasteiger partial charge in [-0.3, -0.25) is 0 Å². The van der Waals surface area contributed by atoms with Gasteiger partial charge in [-0.1, -0.05) is 12.2 Å². The summed E-state index contributed by atoms with van der Waals surface area (Å²) in [4.78, 5) is 0. The number of rotatable bonds is 9. The molecular formula is C10H21NO2. The Morgan fingerprint density at radius 2 is 2.08 bits per heavy atom. The molecule has 13 heavy (non-hydrogen) atoms. The van der Waals surface area contributed by atoms with E-state index in [1.54, 1.807) is 7.11 Å². The molecule has 0 radical (unpaired) electrons. The van der Waals surface area contributed by atoms with Gasteiger partial charge in [0.1, 0.15) is 0 Å². The summed E-state index contributed by atoms with van der Waals surface area (Å²) in [5.41, 5.74) is 0. The zero-order valence-electron chi connectivity index (χ0n) is 8.71. The van der Waals surface area contributed by atoms with Crippen molar-refractivity contribution in [3.63, 3.8) is 0 Å². The molecule has 0 spiro atoms. The molecule has 1 N–H and O–H groups in total. The van der Waals surface area contributed by atoms with Gasteiger partial charge in [-0.2, -0.15) is 0 Å². The standard InChI is InChI=1S/C10H21NO2/c1-3-4-9-13-10-7-11-6-5-8-12-2/h3-4,11H,5-10H2,1-2H3. The number of hydrogen-bond donors (Lipinski definition) is 1. The highest BCUT2D eigenvalue weighted by atomic mass is 16.5. The summed E-state index contributed by atoms with van der Waals surface area (Å²) in [6.45, 7) is 6.23. The second-order valence-electron chi connectivity index (χ2n) is 2.74. The zero-order chi connectivity index (χ0) is 9.78. The van der Waals surface area contributed by atoms with E-state index in [2.05, 4.69) is 5.32 Å². The van der Waals surface area contributed by atoms with E-state index in [0.29, 0.717) is 0 Å². The minimum atomic E-state index is 0.719. The summed E-state index contributed by atoms with van der Waals surface area (Å²) in [5.74, 6) is 0. The second kappa shape index (κ2) is 11.6. The first-order valence-corrected chi connectivity index (χ1v) is 4.80. The van der Waals surface area contributed by atoms with Crippen LogP contribution in [0.25, 0.3) is 0 Å². The number of nitrogens with one attached hydrogen (secondary N) is 1. The quantitative estimate of drug-likeness (QED) is 0.434. The van der Waals surface area contributed by atoms with E-state index in [1.807, 2.05) is 19.1 Å². The maximum atomic E-state index is 5.30. The van der Waals surface area contributed by atoms with Crippen molar-refractivity contribution in [3.8, 4) is 0 Å². The average molecular weight is 187 g/mol. The van der Waals surface area contributed by atoms with Crippen LogP contribution in [0.3, 0.4) is 0 Å². The zero-order valence-corrected chi connectivity index (χ0v) is 8.71. The summed E-state index contributed by atoms with van der Waals surface area (Å²) < 4.78 is 10.2. The maximum Gasteiger partial charge on any atom is 0.0647 e. The van der Waals surface area contributed by atoms with Crippen molar-refractivity contribution in [1.29, 1.82) is 0 Å². The predicted octanol–water partition coefficient (Wildman–Crippen LogP) is 1.21. The average Bonchev–Trinajstić information content (AvgIpc) is 2.16. The lowest BCUT2D eigenvalue weighted by atomic mass is 10.4. The van der Waals surface area contributed by atoms with E-state index >= 15 is 0 Å². The topological polar surface area (TPSA) is 30.5 Å². The van der Waals surface area contributed by atoms with E-state index in [9.17, 15) is 0 Å². The Morgan fingerprint density at radius 3 is 2.77 bits per heavy atom. The molecule has 0 amide bonds. The van der Waals surface area contributed by atoms with Gasteiger partial charge in [0.25, 0.3) is 0 Å². The molecule has 0 unspecified atom stereocenters. The van der Waals surface area contributed by atoms with Crippen molar-refractivity contribution < 1.29 is 9.47 Å². The highest BCUT2D eigenvalue weighted by Crippen LogP contribution is 1.78. The fraction of sp³-hybridized carbons (Fsp3) is 0.800. The summed E-state index contributed by atoms with van der Waals surface area (Å²) in [6, 6.07) is 0. The van der Waals surface area contributed by atoms with E-state index in [-0.39, 0.29) is 0 Å². The third-order valence-corrected chi connectivity index (χ3v) is 1.57. The fourth-order valence-corrected chi connectivity index (χ4v) is 0.858. The molecule has 0 saturated heterocycles. The molecule has 3 heteroatoms. The largest absolute Gasteiger partial charge is 0.385 e. The third-order valence-electron chi connectivity index (χ3n) is 1.57. The van der Waals surface area contributed by atoms with Crippen molar-refractivity contribution in [2.75, 3.05) is 40.0 Å². The van der Waals surface area contributed by atoms with E-state index in [4.69, 9.17) is 9.47 Å². The van der Waals surface area contributed by atoms with Crippen molar-refractivity contribution in [2.24, 2.45) is 0 Å². The lowest BCUT2D eigenvalue weighted by molar-refractivity contribution is 0.161. The van der Waals surface area contributed by atoms with Crippen LogP contribution in [0.2, 0.25) is 0 Å². The van der Waals surface area contributed by atoms with Gasteiger partial charge >= 0.3 is 0 Å². The Labute approximate surface area is 81.1 Å². The molecule has 0 aliphatic rings. The Hall–Kier alpha value is -0.380. The number of allylic oxidation sites excluding steroid dienone is 1. The van der Waals surface area contributed by atoms with E-state index in [1.165, 1.54) is 0 Å².